The van der Waals surface area contributed by atoms with Crippen LogP contribution in [-0.4, -0.2) is 25.1 Å². The van der Waals surface area contributed by atoms with Gasteiger partial charge in [-0.15, -0.1) is 0 Å². The predicted molar refractivity (Wildman–Crippen MR) is 105 cm³/mol. The number of nitrogens with zero attached hydrogens (tertiary/aromatic N) is 1. The molecule has 1 aliphatic heterocycles. The van der Waals surface area contributed by atoms with Crippen molar-refractivity contribution < 1.29 is 19.4 Å². The molecule has 3 rings (SSSR count). The van der Waals surface area contributed by atoms with E-state index in [2.05, 4.69) is 18.2 Å². The number of hydrogen-bond acceptors (Lipinski definition) is 5. The molecule has 2 unspecified atom stereocenters. The minimum Gasteiger partial charge on any atom is -0.497 e. The normalized spacial score (nSPS) is 22.6. The van der Waals surface area contributed by atoms with Gasteiger partial charge in [-0.3, -0.25) is 0 Å². The van der Waals surface area contributed by atoms with Gasteiger partial charge in [0.15, 0.2) is 5.60 Å². The van der Waals surface area contributed by atoms with Crippen molar-refractivity contribution in [3.05, 3.63) is 65.7 Å². The Morgan fingerprint density at radius 1 is 1.11 bits per heavy atom. The maximum atomic E-state index is 9.60. The Labute approximate surface area is 159 Å². The Balaban J connectivity index is 2.11. The van der Waals surface area contributed by atoms with Gasteiger partial charge in [0.05, 0.1) is 14.2 Å². The molecule has 0 saturated heterocycles. The Morgan fingerprint density at radius 3 is 2.44 bits per heavy atom. The highest BCUT2D eigenvalue weighted by molar-refractivity contribution is 5.92. The maximum absolute atomic E-state index is 9.60. The van der Waals surface area contributed by atoms with Crippen molar-refractivity contribution in [1.82, 2.24) is 0 Å². The number of methoxy groups -OCH3 is 2. The molecule has 0 bridgehead atoms. The summed E-state index contributed by atoms with van der Waals surface area (Å²) < 4.78 is 17.3. The molecule has 0 amide bonds. The van der Waals surface area contributed by atoms with Gasteiger partial charge in [0.25, 0.3) is 0 Å². The summed E-state index contributed by atoms with van der Waals surface area (Å²) in [6.45, 7) is 3.91. The van der Waals surface area contributed by atoms with E-state index in [0.717, 1.165) is 28.4 Å². The van der Waals surface area contributed by atoms with Crippen molar-refractivity contribution in [2.75, 3.05) is 14.2 Å². The van der Waals surface area contributed by atoms with E-state index >= 15 is 0 Å². The van der Waals surface area contributed by atoms with Crippen LogP contribution in [0.4, 0.5) is 0 Å². The molecule has 2 atom stereocenters. The third kappa shape index (κ3) is 3.63. The Morgan fingerprint density at radius 2 is 1.78 bits per heavy atom. The summed E-state index contributed by atoms with van der Waals surface area (Å²) in [7, 11) is 3.27. The minimum atomic E-state index is -0.879. The first kappa shape index (κ1) is 18.8. The fourth-order valence-electron chi connectivity index (χ4n) is 3.53. The van der Waals surface area contributed by atoms with Crippen molar-refractivity contribution >= 4 is 11.5 Å². The zero-order valence-electron chi connectivity index (χ0n) is 16.1. The van der Waals surface area contributed by atoms with E-state index < -0.39 is 5.60 Å². The largest absolute Gasteiger partial charge is 0.497 e. The fraction of sp³-hybridized carbons (Fsp3) is 0.318. The van der Waals surface area contributed by atoms with Crippen LogP contribution in [0.5, 0.6) is 11.5 Å². The highest BCUT2D eigenvalue weighted by Crippen LogP contribution is 2.44. The molecular weight excluding hydrogens is 342 g/mol. The van der Waals surface area contributed by atoms with Crippen LogP contribution in [-0.2, 0) is 10.3 Å². The molecule has 0 aromatic heterocycles. The van der Waals surface area contributed by atoms with Crippen molar-refractivity contribution in [1.29, 1.82) is 0 Å². The van der Waals surface area contributed by atoms with Gasteiger partial charge in [-0.05, 0) is 43.2 Å². The zero-order chi connectivity index (χ0) is 19.4. The van der Waals surface area contributed by atoms with Gasteiger partial charge < -0.3 is 19.4 Å². The Hall–Kier alpha value is -2.95. The van der Waals surface area contributed by atoms with Crippen LogP contribution in [0.25, 0.3) is 5.76 Å². The molecule has 0 fully saturated rings. The molecule has 1 heterocycles. The lowest BCUT2D eigenvalue weighted by Crippen LogP contribution is -2.40. The molecule has 2 aromatic rings. The lowest BCUT2D eigenvalue weighted by Gasteiger charge is -2.40. The monoisotopic (exact) mass is 367 g/mol. The summed E-state index contributed by atoms with van der Waals surface area (Å²) >= 11 is 0. The molecule has 142 valence electrons. The topological polar surface area (TPSA) is 60.3 Å². The van der Waals surface area contributed by atoms with Crippen LogP contribution in [0, 0.1) is 5.92 Å². The van der Waals surface area contributed by atoms with Gasteiger partial charge >= 0.3 is 0 Å². The molecule has 2 aromatic carbocycles. The summed E-state index contributed by atoms with van der Waals surface area (Å²) in [5, 5.41) is 13.1. The van der Waals surface area contributed by atoms with Crippen LogP contribution in [0.15, 0.2) is 59.8 Å². The van der Waals surface area contributed by atoms with Crippen LogP contribution in [0.2, 0.25) is 0 Å². The maximum Gasteiger partial charge on any atom is 0.176 e. The standard InChI is InChI=1S/C22H25NO4/c1-15-11-21(17-7-5-9-19(12-17)25-3)27-22(14-15,16(2)23-24)18-8-6-10-20(13-18)26-4/h5-13,15,24H,14H2,1-4H3/b23-16+. The first-order chi connectivity index (χ1) is 13.0. The van der Waals surface area contributed by atoms with Crippen LogP contribution < -0.4 is 9.47 Å². The SMILES string of the molecule is COc1cccc(C2=CC(C)CC(/C(C)=N/O)(c3cccc(OC)c3)O2)c1. The van der Waals surface area contributed by atoms with Crippen LogP contribution >= 0.6 is 0 Å². The molecule has 1 aliphatic rings. The van der Waals surface area contributed by atoms with Gasteiger partial charge in [0, 0.05) is 17.5 Å². The van der Waals surface area contributed by atoms with E-state index in [1.807, 2.05) is 48.5 Å². The van der Waals surface area contributed by atoms with Gasteiger partial charge in [0.1, 0.15) is 23.0 Å². The van der Waals surface area contributed by atoms with E-state index in [1.54, 1.807) is 21.1 Å². The van der Waals surface area contributed by atoms with Crippen molar-refractivity contribution in [2.45, 2.75) is 25.9 Å². The lowest BCUT2D eigenvalue weighted by atomic mass is 9.79. The molecule has 27 heavy (non-hydrogen) atoms. The van der Waals surface area contributed by atoms with E-state index in [1.165, 1.54) is 0 Å². The quantitative estimate of drug-likeness (QED) is 0.466. The highest BCUT2D eigenvalue weighted by Gasteiger charge is 2.43. The average molecular weight is 367 g/mol. The van der Waals surface area contributed by atoms with E-state index in [-0.39, 0.29) is 5.92 Å². The first-order valence-corrected chi connectivity index (χ1v) is 8.91. The molecule has 5 nitrogen and oxygen atoms in total. The number of ether oxygens (including phenoxy) is 3. The summed E-state index contributed by atoms with van der Waals surface area (Å²) in [5.74, 6) is 2.43. The molecule has 0 saturated carbocycles. The second-order valence-electron chi connectivity index (χ2n) is 6.79. The molecule has 0 spiro atoms. The average Bonchev–Trinajstić information content (AvgIpc) is 2.72. The predicted octanol–water partition coefficient (Wildman–Crippen LogP) is 4.85. The second-order valence-corrected chi connectivity index (χ2v) is 6.79. The third-order valence-electron chi connectivity index (χ3n) is 4.95. The first-order valence-electron chi connectivity index (χ1n) is 8.91. The number of oxime groups is 1. The van der Waals surface area contributed by atoms with Gasteiger partial charge in [-0.25, -0.2) is 0 Å². The summed E-state index contributed by atoms with van der Waals surface area (Å²) in [5.41, 5.74) is 1.42. The van der Waals surface area contributed by atoms with E-state index in [4.69, 9.17) is 14.2 Å². The summed E-state index contributed by atoms with van der Waals surface area (Å²) in [6, 6.07) is 15.4. The van der Waals surface area contributed by atoms with Crippen LogP contribution in [0.3, 0.4) is 0 Å². The fourth-order valence-corrected chi connectivity index (χ4v) is 3.53. The third-order valence-corrected chi connectivity index (χ3v) is 4.95. The van der Waals surface area contributed by atoms with Crippen molar-refractivity contribution in [3.63, 3.8) is 0 Å². The summed E-state index contributed by atoms with van der Waals surface area (Å²) in [6.07, 6.45) is 2.75. The highest BCUT2D eigenvalue weighted by atomic mass is 16.5. The number of allylic oxidation sites excluding steroid dienone is 1. The Bertz CT molecular complexity index is 874. The van der Waals surface area contributed by atoms with E-state index in [0.29, 0.717) is 12.1 Å². The lowest BCUT2D eigenvalue weighted by molar-refractivity contribution is 0.0681. The smallest absolute Gasteiger partial charge is 0.176 e. The number of rotatable bonds is 5. The van der Waals surface area contributed by atoms with Gasteiger partial charge in [-0.2, -0.15) is 0 Å². The molecule has 0 radical (unpaired) electrons. The van der Waals surface area contributed by atoms with Crippen molar-refractivity contribution in [3.8, 4) is 11.5 Å². The summed E-state index contributed by atoms with van der Waals surface area (Å²) in [4.78, 5) is 0. The van der Waals surface area contributed by atoms with E-state index in [9.17, 15) is 5.21 Å². The Kier molecular flexibility index (Phi) is 5.40. The molecular formula is C22H25NO4. The molecule has 5 heteroatoms. The molecule has 1 N–H and O–H groups in total. The minimum absolute atomic E-state index is 0.211. The zero-order valence-corrected chi connectivity index (χ0v) is 16.1. The van der Waals surface area contributed by atoms with Crippen molar-refractivity contribution in [2.24, 2.45) is 11.1 Å². The van der Waals surface area contributed by atoms with Crippen LogP contribution in [0.1, 0.15) is 31.4 Å². The van der Waals surface area contributed by atoms with Gasteiger partial charge in [-0.1, -0.05) is 36.3 Å². The molecule has 0 aliphatic carbocycles. The number of benzene rings is 2. The number of hydrogen-bond donors (Lipinski definition) is 1. The second kappa shape index (κ2) is 7.74. The van der Waals surface area contributed by atoms with Gasteiger partial charge in [0.2, 0.25) is 0 Å².